The molecule has 4 saturated heterocycles. The number of aromatic amines is 1. The van der Waals surface area contributed by atoms with Crippen LogP contribution in [0.15, 0.2) is 178 Å². The zero-order valence-electron chi connectivity index (χ0n) is 54.8. The first kappa shape index (κ1) is 77.1. The Hall–Kier alpha value is -10.6. The van der Waals surface area contributed by atoms with E-state index in [1.165, 1.54) is 51.2 Å². The molecule has 544 valence electrons. The number of imidazole rings is 1. The van der Waals surface area contributed by atoms with Gasteiger partial charge in [0.25, 0.3) is 11.8 Å². The van der Waals surface area contributed by atoms with E-state index in [0.29, 0.717) is 50.7 Å². The van der Waals surface area contributed by atoms with Gasteiger partial charge in [-0.05, 0) is 18.2 Å². The fourth-order valence-electron chi connectivity index (χ4n) is 11.0. The minimum atomic E-state index is -1.23. The van der Waals surface area contributed by atoms with Crippen molar-refractivity contribution in [1.29, 1.82) is 0 Å². The zero-order valence-corrected chi connectivity index (χ0v) is 54.8. The molecule has 16 atom stereocenters. The molecule has 7 aliphatic heterocycles. The van der Waals surface area contributed by atoms with Gasteiger partial charge in [0.1, 0.15) is 113 Å². The van der Waals surface area contributed by atoms with Gasteiger partial charge in [0.15, 0.2) is 42.2 Å². The number of rotatable bonds is 14. The molecule has 4 fully saturated rings. The quantitative estimate of drug-likeness (QED) is 0.0541. The molecule has 0 spiro atoms. The molecule has 4 unspecified atom stereocenters. The van der Waals surface area contributed by atoms with Crippen LogP contribution in [0.1, 0.15) is 29.4 Å². The van der Waals surface area contributed by atoms with Gasteiger partial charge >= 0.3 is 0 Å². The molecular formula is C66H82N18O18. The van der Waals surface area contributed by atoms with Crippen molar-refractivity contribution in [3.63, 3.8) is 0 Å². The number of pyridine rings is 2. The first-order chi connectivity index (χ1) is 48.7. The smallest absolute Gasteiger partial charge is 0.258 e. The summed E-state index contributed by atoms with van der Waals surface area (Å²) in [6.45, 7) is 30.9. The van der Waals surface area contributed by atoms with E-state index in [1.54, 1.807) is 59.8 Å². The molecule has 102 heavy (non-hydrogen) atoms. The van der Waals surface area contributed by atoms with E-state index in [-0.39, 0.29) is 47.3 Å². The van der Waals surface area contributed by atoms with Crippen molar-refractivity contribution in [2.45, 2.75) is 98.2 Å². The van der Waals surface area contributed by atoms with Crippen LogP contribution in [-0.2, 0) is 28.5 Å². The number of aliphatic imine (C=N–C) groups is 1. The van der Waals surface area contributed by atoms with Crippen molar-refractivity contribution in [2.24, 2.45) is 10.7 Å². The second-order valence-corrected chi connectivity index (χ2v) is 22.9. The van der Waals surface area contributed by atoms with Gasteiger partial charge < -0.3 is 138 Å². The maximum absolute atomic E-state index is 11.5. The number of ether oxygens (including phenoxy) is 4. The number of H-pyrrole nitrogens is 1. The molecule has 36 heteroatoms. The normalized spacial score (nSPS) is 27.9. The highest BCUT2D eigenvalue weighted by Gasteiger charge is 2.49. The predicted molar refractivity (Wildman–Crippen MR) is 373 cm³/mol. The largest absolute Gasteiger partial charge is 0.398 e. The van der Waals surface area contributed by atoms with E-state index in [1.807, 2.05) is 6.20 Å². The number of aromatic nitrogens is 8. The number of aliphatic hydroxyl groups is 12. The number of nitrogens with two attached hydrogens (primary N) is 4. The predicted octanol–water partition coefficient (Wildman–Crippen LogP) is -2.39. The number of amides is 2. The molecule has 13 heterocycles. The summed E-state index contributed by atoms with van der Waals surface area (Å²) < 4.78 is 24.8. The summed E-state index contributed by atoms with van der Waals surface area (Å²) in [7, 11) is 0. The number of nitrogens with one attached hydrogen (secondary N) is 4. The number of nitrogen functional groups attached to an aromatic ring is 3. The first-order valence-electron chi connectivity index (χ1n) is 30.9. The second-order valence-electron chi connectivity index (χ2n) is 22.9. The highest BCUT2D eigenvalue weighted by molar-refractivity contribution is 6.01. The van der Waals surface area contributed by atoms with Gasteiger partial charge in [-0.15, -0.1) is 0 Å². The van der Waals surface area contributed by atoms with Crippen LogP contribution in [0.4, 0.5) is 17.2 Å². The van der Waals surface area contributed by atoms with E-state index < -0.39 is 118 Å². The van der Waals surface area contributed by atoms with Gasteiger partial charge in [0.05, 0.1) is 43.9 Å². The zero-order chi connectivity index (χ0) is 74.7. The SMILES string of the molecule is C=CC1=CN([C@@H]2O[C@H](CO)[C@H](O)C2O)C(=C)N=C1N.C=CC1=CN([C@@H]2O[C@H](CO)[C@H](O)C2O)C(=C)NC1=O.C=CC1=CNC(=C)NC1=O.C=Cc1c[nH]c2nccc(N)c12.C=Cc1cn([C@@H]2O[C@H](CO)[C@H](O)C2O)c2nccc(N)c12.C=Cc1nc(N)c2ncn([C@@H]3O[C@H](CO)[C@H](O)C3O)c2n1. The number of hydrogen-bond donors (Lipinski definition) is 20. The minimum Gasteiger partial charge on any atom is -0.398 e. The fourth-order valence-corrected chi connectivity index (χ4v) is 11.0. The van der Waals surface area contributed by atoms with Gasteiger partial charge in [-0.25, -0.2) is 29.9 Å². The lowest BCUT2D eigenvalue weighted by Crippen LogP contribution is -2.47. The number of amidine groups is 1. The standard InChI is InChI=1S/C14H17N3O4.C12H15N5O4.C12H17N3O4.C12H16N2O5.C9H9N3.C7H8N2O/c1-2-7-5-17(13-10(7)8(15)3-4-16-13)14-12(20)11(19)9(6-18)21-14;1-2-6-15-10(13)7-11(16-6)17(4-14-7)12-9(20)8(19)5(3-18)21-12;1-3-7-4-15(6(2)14-11(7)13)12-10(18)9(17)8(5-16)19-12;1-3-7-4-14(6(2)13-11(7)18)12-10(17)9(16)8(5-15)19-12;1-2-6-5-12-9-8(6)7(10)3-4-11-9;1-3-6-4-8-5(2)9-7(6)10/h2-5,9,11-12,14,18-20H,1,6H2,(H2,15,16);2,4-5,8-9,12,18-20H,1,3H2,(H2,13,15,16);3-4,8-10,12,16-18H,1-2,5H2,(H2,13,14);3-4,8-10,12,15-17H,1-2,5H2,(H,13,18);2-5H,1H2,(H3,10,11,12);3-4,8H,1-2H2,(H,9,10)/t9-,11+,12?,14-;5-,8+,9?,12-;2*8-,9+,10?,12-;;/m1111../s1. The maximum Gasteiger partial charge on any atom is 0.258 e. The van der Waals surface area contributed by atoms with Crippen molar-refractivity contribution < 1.29 is 89.8 Å². The number of aliphatic hydroxyl groups excluding tert-OH is 12. The lowest BCUT2D eigenvalue weighted by Gasteiger charge is -2.33. The number of carbonyl (C=O) groups is 2. The van der Waals surface area contributed by atoms with Crippen LogP contribution in [0.2, 0.25) is 0 Å². The molecule has 0 saturated carbocycles. The average molecular weight is 1420 g/mol. The van der Waals surface area contributed by atoms with Gasteiger partial charge in [-0.1, -0.05) is 89.6 Å². The Balaban J connectivity index is 0.000000158. The number of fused-ring (bicyclic) bond motifs is 3. The third-order valence-corrected chi connectivity index (χ3v) is 16.5. The van der Waals surface area contributed by atoms with Gasteiger partial charge in [0, 0.05) is 82.2 Å². The summed E-state index contributed by atoms with van der Waals surface area (Å²) in [5, 5.41) is 125. The highest BCUT2D eigenvalue weighted by Crippen LogP contribution is 2.37. The molecule has 0 aromatic carbocycles. The van der Waals surface area contributed by atoms with Gasteiger partial charge in [0.2, 0.25) is 0 Å². The summed E-state index contributed by atoms with van der Waals surface area (Å²) in [5.74, 6) is 1.22. The Morgan fingerprint density at radius 2 is 1.02 bits per heavy atom. The maximum atomic E-state index is 11.5. The summed E-state index contributed by atoms with van der Waals surface area (Å²) >= 11 is 0. The topological polar surface area (TPSA) is 563 Å². The Labute approximate surface area is 581 Å². The Morgan fingerprint density at radius 3 is 1.53 bits per heavy atom. The summed E-state index contributed by atoms with van der Waals surface area (Å²) in [6.07, 6.45) is 5.36. The monoisotopic (exact) mass is 1410 g/mol. The Bertz CT molecular complexity index is 4290. The van der Waals surface area contributed by atoms with Gasteiger partial charge in [-0.2, -0.15) is 0 Å². The van der Waals surface area contributed by atoms with E-state index in [4.69, 9.17) is 57.2 Å². The number of carbonyl (C=O) groups excluding carboxylic acids is 2. The number of hydrogen-bond acceptors (Lipinski definition) is 31. The molecule has 0 bridgehead atoms. The van der Waals surface area contributed by atoms with Crippen LogP contribution < -0.4 is 38.9 Å². The van der Waals surface area contributed by atoms with Crippen LogP contribution in [0.3, 0.4) is 0 Å². The number of anilines is 3. The van der Waals surface area contributed by atoms with Crippen LogP contribution >= 0.6 is 0 Å². The Morgan fingerprint density at radius 1 is 0.529 bits per heavy atom. The molecule has 0 radical (unpaired) electrons. The average Bonchev–Trinajstić information content (AvgIpc) is 1.62. The van der Waals surface area contributed by atoms with Crippen LogP contribution in [0.5, 0.6) is 0 Å². The molecule has 7 aliphatic rings. The molecule has 24 N–H and O–H groups in total. The van der Waals surface area contributed by atoms with Crippen molar-refractivity contribution in [3.8, 4) is 0 Å². The Kier molecular flexibility index (Phi) is 25.5. The van der Waals surface area contributed by atoms with Crippen molar-refractivity contribution >= 4 is 86.3 Å². The van der Waals surface area contributed by atoms with Crippen LogP contribution in [0.25, 0.3) is 51.5 Å². The number of nitrogens with zero attached hydrogens (tertiary/aromatic N) is 10. The molecular weight excluding hydrogens is 1330 g/mol. The fraction of sp³-hybridized carbons (Fsp3) is 0.303. The van der Waals surface area contributed by atoms with Crippen molar-refractivity contribution in [1.82, 2.24) is 64.8 Å². The highest BCUT2D eigenvalue weighted by atomic mass is 16.6. The van der Waals surface area contributed by atoms with Crippen molar-refractivity contribution in [3.05, 3.63) is 190 Å². The van der Waals surface area contributed by atoms with Crippen LogP contribution in [0, 0.1) is 0 Å². The minimum absolute atomic E-state index is 0.168. The molecule has 6 aromatic rings. The van der Waals surface area contributed by atoms with E-state index in [0.717, 1.165) is 27.8 Å². The summed E-state index contributed by atoms with van der Waals surface area (Å²) in [6, 6.07) is 3.46. The summed E-state index contributed by atoms with van der Waals surface area (Å²) in [4.78, 5) is 53.0. The van der Waals surface area contributed by atoms with Crippen LogP contribution in [-0.4, -0.2) is 240 Å². The third kappa shape index (κ3) is 16.1. The van der Waals surface area contributed by atoms with E-state index in [2.05, 4.69) is 110 Å². The van der Waals surface area contributed by atoms with Gasteiger partial charge in [-0.3, -0.25) is 14.2 Å². The third-order valence-electron chi connectivity index (χ3n) is 16.5. The summed E-state index contributed by atoms with van der Waals surface area (Å²) in [5.41, 5.74) is 29.7. The lowest BCUT2D eigenvalue weighted by molar-refractivity contribution is -0.119. The first-order valence-corrected chi connectivity index (χ1v) is 30.9. The van der Waals surface area contributed by atoms with Crippen molar-refractivity contribution in [2.75, 3.05) is 43.6 Å². The lowest BCUT2D eigenvalue weighted by atomic mass is 10.1. The molecule has 36 nitrogen and oxygen atoms in total. The molecule has 0 aliphatic carbocycles. The molecule has 6 aromatic heterocycles. The molecule has 13 rings (SSSR count). The second kappa shape index (κ2) is 33.7. The molecule has 2 amide bonds. The van der Waals surface area contributed by atoms with E-state index >= 15 is 0 Å². The van der Waals surface area contributed by atoms with E-state index in [9.17, 15) is 55.5 Å².